The average Bonchev–Trinajstić information content (AvgIpc) is 3.13. The molecule has 0 fully saturated rings. The maximum absolute atomic E-state index is 5.06. The van der Waals surface area contributed by atoms with Gasteiger partial charge in [-0.15, -0.1) is 11.8 Å². The number of thioether (sulfide) groups is 1. The standard InChI is InChI=1S/C22H22N2S/c1-4-10-17(11-5-1)21-22(18-12-6-2-7-13-18)24-20(23-21)16-25-19-14-8-3-9-15-19/h1-12,14-15,18,21-22H,13,16H2,(H,23,24)/t18?,21-,22+/m1/s1. The first-order chi connectivity index (χ1) is 12.4. The van der Waals surface area contributed by atoms with Crippen LogP contribution in [-0.4, -0.2) is 17.6 Å². The van der Waals surface area contributed by atoms with Crippen molar-refractivity contribution in [1.29, 1.82) is 0 Å². The lowest BCUT2D eigenvalue weighted by atomic mass is 9.86. The first kappa shape index (κ1) is 16.2. The molecule has 126 valence electrons. The number of rotatable bonds is 5. The van der Waals surface area contributed by atoms with E-state index in [1.54, 1.807) is 0 Å². The van der Waals surface area contributed by atoms with E-state index < -0.39 is 0 Å². The van der Waals surface area contributed by atoms with Gasteiger partial charge in [0, 0.05) is 10.8 Å². The second-order valence-corrected chi connectivity index (χ2v) is 7.46. The van der Waals surface area contributed by atoms with Crippen molar-refractivity contribution in [3.63, 3.8) is 0 Å². The van der Waals surface area contributed by atoms with Crippen molar-refractivity contribution < 1.29 is 0 Å². The highest BCUT2D eigenvalue weighted by Crippen LogP contribution is 2.34. The van der Waals surface area contributed by atoms with Crippen molar-refractivity contribution in [3.05, 3.63) is 90.5 Å². The van der Waals surface area contributed by atoms with Gasteiger partial charge in [0.15, 0.2) is 0 Å². The number of amidine groups is 1. The van der Waals surface area contributed by atoms with Crippen LogP contribution in [0.3, 0.4) is 0 Å². The van der Waals surface area contributed by atoms with Crippen LogP contribution < -0.4 is 5.32 Å². The number of allylic oxidation sites excluding steroid dienone is 3. The molecular formula is C22H22N2S. The topological polar surface area (TPSA) is 24.4 Å². The summed E-state index contributed by atoms with van der Waals surface area (Å²) < 4.78 is 0. The molecule has 4 rings (SSSR count). The lowest BCUT2D eigenvalue weighted by Gasteiger charge is -2.26. The number of benzene rings is 2. The van der Waals surface area contributed by atoms with Gasteiger partial charge in [-0.2, -0.15) is 0 Å². The van der Waals surface area contributed by atoms with Crippen LogP contribution in [-0.2, 0) is 0 Å². The largest absolute Gasteiger partial charge is 0.367 e. The third-order valence-electron chi connectivity index (χ3n) is 4.70. The maximum atomic E-state index is 5.06. The van der Waals surface area contributed by atoms with E-state index in [4.69, 9.17) is 4.99 Å². The minimum absolute atomic E-state index is 0.189. The van der Waals surface area contributed by atoms with Crippen LogP contribution in [0.5, 0.6) is 0 Å². The second kappa shape index (κ2) is 7.75. The first-order valence-electron chi connectivity index (χ1n) is 8.79. The van der Waals surface area contributed by atoms with E-state index in [1.807, 2.05) is 11.8 Å². The Labute approximate surface area is 153 Å². The summed E-state index contributed by atoms with van der Waals surface area (Å²) in [7, 11) is 0. The van der Waals surface area contributed by atoms with Crippen LogP contribution in [0.2, 0.25) is 0 Å². The molecule has 1 unspecified atom stereocenters. The number of hydrogen-bond acceptors (Lipinski definition) is 3. The average molecular weight is 346 g/mol. The summed E-state index contributed by atoms with van der Waals surface area (Å²) in [6.07, 6.45) is 9.94. The van der Waals surface area contributed by atoms with Crippen molar-refractivity contribution in [2.45, 2.75) is 23.4 Å². The van der Waals surface area contributed by atoms with Gasteiger partial charge in [-0.05, 0) is 24.1 Å². The smallest absolute Gasteiger partial charge is 0.108 e. The Morgan fingerprint density at radius 1 is 0.960 bits per heavy atom. The molecule has 3 atom stereocenters. The Morgan fingerprint density at radius 3 is 2.44 bits per heavy atom. The van der Waals surface area contributed by atoms with Gasteiger partial charge in [0.25, 0.3) is 0 Å². The van der Waals surface area contributed by atoms with E-state index in [-0.39, 0.29) is 6.04 Å². The minimum Gasteiger partial charge on any atom is -0.367 e. The molecule has 0 saturated heterocycles. The molecule has 25 heavy (non-hydrogen) atoms. The third-order valence-corrected chi connectivity index (χ3v) is 5.73. The minimum atomic E-state index is 0.189. The van der Waals surface area contributed by atoms with Crippen LogP contribution >= 0.6 is 11.8 Å². The van der Waals surface area contributed by atoms with Gasteiger partial charge in [-0.3, -0.25) is 4.99 Å². The van der Waals surface area contributed by atoms with Crippen molar-refractivity contribution >= 4 is 17.6 Å². The summed E-state index contributed by atoms with van der Waals surface area (Å²) in [5, 5.41) is 3.72. The molecule has 3 heteroatoms. The number of aliphatic imine (C=N–C) groups is 1. The zero-order chi connectivity index (χ0) is 16.9. The fourth-order valence-electron chi connectivity index (χ4n) is 3.44. The SMILES string of the molecule is C1=CCC([C@@H]2NC(CSc3ccccc3)=N[C@@H]2c2ccccc2)C=C1. The molecule has 0 spiro atoms. The lowest BCUT2D eigenvalue weighted by molar-refractivity contribution is 0.424. The summed E-state index contributed by atoms with van der Waals surface area (Å²) >= 11 is 1.84. The van der Waals surface area contributed by atoms with E-state index in [0.717, 1.165) is 18.0 Å². The number of hydrogen-bond donors (Lipinski definition) is 1. The van der Waals surface area contributed by atoms with E-state index in [1.165, 1.54) is 10.5 Å². The molecule has 0 aromatic heterocycles. The van der Waals surface area contributed by atoms with Crippen LogP contribution in [0.4, 0.5) is 0 Å². The monoisotopic (exact) mass is 346 g/mol. The predicted molar refractivity (Wildman–Crippen MR) is 107 cm³/mol. The zero-order valence-electron chi connectivity index (χ0n) is 14.1. The summed E-state index contributed by atoms with van der Waals surface area (Å²) in [4.78, 5) is 6.34. The fraction of sp³-hybridized carbons (Fsp3) is 0.227. The summed E-state index contributed by atoms with van der Waals surface area (Å²) in [6, 6.07) is 21.7. The predicted octanol–water partition coefficient (Wildman–Crippen LogP) is 5.02. The quantitative estimate of drug-likeness (QED) is 0.769. The normalized spacial score (nSPS) is 24.8. The molecule has 2 aliphatic rings. The molecule has 1 aliphatic heterocycles. The van der Waals surface area contributed by atoms with Gasteiger partial charge in [0.05, 0.1) is 17.8 Å². The van der Waals surface area contributed by atoms with Crippen LogP contribution in [0.25, 0.3) is 0 Å². The highest BCUT2D eigenvalue weighted by Gasteiger charge is 2.34. The highest BCUT2D eigenvalue weighted by atomic mass is 32.2. The van der Waals surface area contributed by atoms with Crippen molar-refractivity contribution in [3.8, 4) is 0 Å². The van der Waals surface area contributed by atoms with Crippen molar-refractivity contribution in [2.24, 2.45) is 10.9 Å². The van der Waals surface area contributed by atoms with Gasteiger partial charge in [0.2, 0.25) is 0 Å². The van der Waals surface area contributed by atoms with E-state index in [9.17, 15) is 0 Å². The second-order valence-electron chi connectivity index (χ2n) is 6.42. The van der Waals surface area contributed by atoms with E-state index in [0.29, 0.717) is 12.0 Å². The molecule has 2 aromatic carbocycles. The first-order valence-corrected chi connectivity index (χ1v) is 9.78. The Bertz CT molecular complexity index is 780. The molecule has 0 amide bonds. The van der Waals surface area contributed by atoms with Crippen LogP contribution in [0.1, 0.15) is 18.0 Å². The molecule has 1 heterocycles. The maximum Gasteiger partial charge on any atom is 0.108 e. The molecule has 0 bridgehead atoms. The molecule has 2 aromatic rings. The Kier molecular flexibility index (Phi) is 5.03. The summed E-state index contributed by atoms with van der Waals surface area (Å²) in [5.74, 6) is 2.48. The highest BCUT2D eigenvalue weighted by molar-refractivity contribution is 8.00. The molecule has 0 saturated carbocycles. The van der Waals surface area contributed by atoms with Gasteiger partial charge >= 0.3 is 0 Å². The number of nitrogens with one attached hydrogen (secondary N) is 1. The van der Waals surface area contributed by atoms with E-state index in [2.05, 4.69) is 90.3 Å². The molecular weight excluding hydrogens is 324 g/mol. The van der Waals surface area contributed by atoms with Crippen molar-refractivity contribution in [2.75, 3.05) is 5.75 Å². The number of nitrogens with zero attached hydrogens (tertiary/aromatic N) is 1. The Hall–Kier alpha value is -2.26. The lowest BCUT2D eigenvalue weighted by Crippen LogP contribution is -2.38. The van der Waals surface area contributed by atoms with Gasteiger partial charge in [-0.1, -0.05) is 72.8 Å². The van der Waals surface area contributed by atoms with Gasteiger partial charge in [-0.25, -0.2) is 0 Å². The molecule has 1 N–H and O–H groups in total. The van der Waals surface area contributed by atoms with Crippen LogP contribution in [0, 0.1) is 5.92 Å². The van der Waals surface area contributed by atoms with Gasteiger partial charge in [0.1, 0.15) is 5.84 Å². The molecule has 1 aliphatic carbocycles. The fourth-order valence-corrected chi connectivity index (χ4v) is 4.25. The third kappa shape index (κ3) is 3.88. The molecule has 0 radical (unpaired) electrons. The Balaban J connectivity index is 1.52. The summed E-state index contributed by atoms with van der Waals surface area (Å²) in [6.45, 7) is 0. The summed E-state index contributed by atoms with van der Waals surface area (Å²) in [5.41, 5.74) is 1.29. The molecule has 2 nitrogen and oxygen atoms in total. The Morgan fingerprint density at radius 2 is 1.72 bits per heavy atom. The van der Waals surface area contributed by atoms with Crippen molar-refractivity contribution in [1.82, 2.24) is 5.32 Å². The van der Waals surface area contributed by atoms with Gasteiger partial charge < -0.3 is 5.32 Å². The zero-order valence-corrected chi connectivity index (χ0v) is 14.9. The van der Waals surface area contributed by atoms with Crippen LogP contribution in [0.15, 0.2) is 94.9 Å². The van der Waals surface area contributed by atoms with E-state index >= 15 is 0 Å².